The summed E-state index contributed by atoms with van der Waals surface area (Å²) in [5.74, 6) is 0.773. The van der Waals surface area contributed by atoms with Crippen LogP contribution in [0.2, 0.25) is 0 Å². The molecule has 2 rings (SSSR count). The summed E-state index contributed by atoms with van der Waals surface area (Å²) in [5, 5.41) is 2.63. The fraction of sp³-hybridized carbons (Fsp3) is 0.231. The van der Waals surface area contributed by atoms with Gasteiger partial charge < -0.3 is 10.1 Å². The van der Waals surface area contributed by atoms with Gasteiger partial charge in [-0.3, -0.25) is 4.79 Å². The largest absolute Gasteiger partial charge is 0.496 e. The molecule has 0 unspecified atom stereocenters. The van der Waals surface area contributed by atoms with Crippen LogP contribution in [0, 0.1) is 6.92 Å². The Morgan fingerprint density at radius 2 is 2.33 bits per heavy atom. The van der Waals surface area contributed by atoms with Crippen molar-refractivity contribution in [3.8, 4) is 16.2 Å². The topological polar surface area (TPSA) is 51.2 Å². The van der Waals surface area contributed by atoms with Crippen LogP contribution in [0.3, 0.4) is 0 Å². The first kappa shape index (κ1) is 12.6. The Morgan fingerprint density at radius 1 is 1.50 bits per heavy atom. The second-order valence-corrected chi connectivity index (χ2v) is 4.65. The number of hydrogen-bond acceptors (Lipinski definition) is 4. The molecule has 18 heavy (non-hydrogen) atoms. The lowest BCUT2D eigenvalue weighted by Gasteiger charge is -2.10. The lowest BCUT2D eigenvalue weighted by Crippen LogP contribution is -2.10. The van der Waals surface area contributed by atoms with Crippen molar-refractivity contribution in [3.63, 3.8) is 0 Å². The average Bonchev–Trinajstić information content (AvgIpc) is 2.82. The van der Waals surface area contributed by atoms with Crippen molar-refractivity contribution in [1.82, 2.24) is 10.3 Å². The summed E-state index contributed by atoms with van der Waals surface area (Å²) in [6.07, 6.45) is 0.681. The summed E-state index contributed by atoms with van der Waals surface area (Å²) in [7, 11) is 1.63. The van der Waals surface area contributed by atoms with Crippen LogP contribution in [0.25, 0.3) is 10.4 Å². The van der Waals surface area contributed by atoms with Gasteiger partial charge in [0.05, 0.1) is 23.2 Å². The summed E-state index contributed by atoms with van der Waals surface area (Å²) < 4.78 is 5.35. The third-order valence-electron chi connectivity index (χ3n) is 2.67. The van der Waals surface area contributed by atoms with Gasteiger partial charge in [-0.05, 0) is 18.6 Å². The highest BCUT2D eigenvalue weighted by Crippen LogP contribution is 2.31. The molecular weight excluding hydrogens is 248 g/mol. The highest BCUT2D eigenvalue weighted by atomic mass is 32.1. The Hall–Kier alpha value is -1.88. The van der Waals surface area contributed by atoms with Gasteiger partial charge in [0.1, 0.15) is 5.75 Å². The number of hydrogen-bond donors (Lipinski definition) is 1. The smallest absolute Gasteiger partial charge is 0.207 e. The van der Waals surface area contributed by atoms with E-state index in [1.807, 2.05) is 30.6 Å². The maximum atomic E-state index is 10.3. The van der Waals surface area contributed by atoms with Gasteiger partial charge in [0.25, 0.3) is 0 Å². The van der Waals surface area contributed by atoms with E-state index < -0.39 is 0 Å². The molecule has 0 bridgehead atoms. The first-order valence-corrected chi connectivity index (χ1v) is 6.38. The number of rotatable bonds is 5. The summed E-state index contributed by atoms with van der Waals surface area (Å²) in [6, 6.07) is 5.96. The van der Waals surface area contributed by atoms with Crippen LogP contribution in [0.15, 0.2) is 23.7 Å². The molecule has 0 aliphatic carbocycles. The van der Waals surface area contributed by atoms with Crippen LogP contribution >= 0.6 is 11.3 Å². The third kappa shape index (κ3) is 2.51. The zero-order valence-corrected chi connectivity index (χ0v) is 11.1. The molecule has 0 radical (unpaired) electrons. The monoisotopic (exact) mass is 262 g/mol. The second kappa shape index (κ2) is 5.64. The van der Waals surface area contributed by atoms with Crippen molar-refractivity contribution < 1.29 is 9.53 Å². The summed E-state index contributed by atoms with van der Waals surface area (Å²) in [6.45, 7) is 2.45. The van der Waals surface area contributed by atoms with Crippen LogP contribution in [0.4, 0.5) is 0 Å². The fourth-order valence-corrected chi connectivity index (χ4v) is 2.56. The Balaban J connectivity index is 2.35. The van der Waals surface area contributed by atoms with E-state index >= 15 is 0 Å². The van der Waals surface area contributed by atoms with Crippen molar-refractivity contribution >= 4 is 17.7 Å². The number of amides is 1. The molecule has 0 fully saturated rings. The average molecular weight is 262 g/mol. The second-order valence-electron chi connectivity index (χ2n) is 3.79. The van der Waals surface area contributed by atoms with Crippen LogP contribution in [0.5, 0.6) is 5.75 Å². The summed E-state index contributed by atoms with van der Waals surface area (Å²) in [5.41, 5.74) is 4.89. The molecule has 0 saturated heterocycles. The van der Waals surface area contributed by atoms with Gasteiger partial charge in [0.15, 0.2) is 0 Å². The molecule has 0 atom stereocenters. The maximum Gasteiger partial charge on any atom is 0.207 e. The number of ether oxygens (including phenoxy) is 1. The molecule has 0 saturated carbocycles. The zero-order chi connectivity index (χ0) is 13.0. The van der Waals surface area contributed by atoms with E-state index in [4.69, 9.17) is 4.74 Å². The highest BCUT2D eigenvalue weighted by molar-refractivity contribution is 7.13. The van der Waals surface area contributed by atoms with E-state index in [1.165, 1.54) is 0 Å². The van der Waals surface area contributed by atoms with E-state index in [0.717, 1.165) is 27.4 Å². The Bertz CT molecular complexity index is 552. The number of methoxy groups -OCH3 is 1. The van der Waals surface area contributed by atoms with E-state index in [1.54, 1.807) is 18.4 Å². The zero-order valence-electron chi connectivity index (χ0n) is 10.3. The van der Waals surface area contributed by atoms with Gasteiger partial charge in [-0.25, -0.2) is 4.98 Å². The first-order valence-electron chi connectivity index (χ1n) is 5.50. The summed E-state index contributed by atoms with van der Waals surface area (Å²) >= 11 is 1.61. The van der Waals surface area contributed by atoms with Crippen molar-refractivity contribution in [3.05, 3.63) is 35.0 Å². The molecule has 2 aromatic rings. The van der Waals surface area contributed by atoms with E-state index in [9.17, 15) is 4.79 Å². The number of benzene rings is 1. The number of carbonyl (C=O) groups is 1. The minimum atomic E-state index is 0.467. The minimum Gasteiger partial charge on any atom is -0.496 e. The van der Waals surface area contributed by atoms with E-state index in [2.05, 4.69) is 10.3 Å². The third-order valence-corrected chi connectivity index (χ3v) is 3.65. The van der Waals surface area contributed by atoms with Crippen molar-refractivity contribution in [2.75, 3.05) is 7.11 Å². The molecule has 1 heterocycles. The van der Waals surface area contributed by atoms with Gasteiger partial charge in [0, 0.05) is 12.1 Å². The first-order chi connectivity index (χ1) is 8.76. The number of aryl methyl sites for hydroxylation is 1. The Morgan fingerprint density at radius 3 is 2.94 bits per heavy atom. The lowest BCUT2D eigenvalue weighted by molar-refractivity contribution is -0.109. The molecule has 5 heteroatoms. The van der Waals surface area contributed by atoms with Gasteiger partial charge in [-0.15, -0.1) is 11.3 Å². The standard InChI is InChI=1S/C13H14N2O2S/c1-9-13(18-8-15-9)10-3-4-11(6-14-7-16)12(5-10)17-2/h3-5,7-8H,6H2,1-2H3,(H,14,16). The molecule has 94 valence electrons. The van der Waals surface area contributed by atoms with Gasteiger partial charge in [-0.1, -0.05) is 12.1 Å². The quantitative estimate of drug-likeness (QED) is 0.842. The van der Waals surface area contributed by atoms with Gasteiger partial charge >= 0.3 is 0 Å². The molecule has 0 aliphatic heterocycles. The van der Waals surface area contributed by atoms with Crippen LogP contribution in [0.1, 0.15) is 11.3 Å². The number of nitrogens with one attached hydrogen (secondary N) is 1. The SMILES string of the molecule is COc1cc(-c2scnc2C)ccc1CNC=O. The Labute approximate surface area is 110 Å². The summed E-state index contributed by atoms with van der Waals surface area (Å²) in [4.78, 5) is 15.7. The molecule has 4 nitrogen and oxygen atoms in total. The van der Waals surface area contributed by atoms with Crippen molar-refractivity contribution in [2.45, 2.75) is 13.5 Å². The molecule has 0 aliphatic rings. The van der Waals surface area contributed by atoms with Gasteiger partial charge in [-0.2, -0.15) is 0 Å². The van der Waals surface area contributed by atoms with E-state index in [-0.39, 0.29) is 0 Å². The molecule has 1 aromatic carbocycles. The fourth-order valence-electron chi connectivity index (χ4n) is 1.76. The normalized spacial score (nSPS) is 10.1. The lowest BCUT2D eigenvalue weighted by atomic mass is 10.1. The Kier molecular flexibility index (Phi) is 3.94. The number of aromatic nitrogens is 1. The maximum absolute atomic E-state index is 10.3. The predicted molar refractivity (Wildman–Crippen MR) is 71.7 cm³/mol. The predicted octanol–water partition coefficient (Wildman–Crippen LogP) is 2.37. The minimum absolute atomic E-state index is 0.467. The van der Waals surface area contributed by atoms with E-state index in [0.29, 0.717) is 13.0 Å². The molecule has 0 spiro atoms. The van der Waals surface area contributed by atoms with Crippen molar-refractivity contribution in [2.24, 2.45) is 0 Å². The van der Waals surface area contributed by atoms with Crippen LogP contribution < -0.4 is 10.1 Å². The van der Waals surface area contributed by atoms with Gasteiger partial charge in [0.2, 0.25) is 6.41 Å². The molecule has 1 aromatic heterocycles. The number of thiazole rings is 1. The van der Waals surface area contributed by atoms with Crippen molar-refractivity contribution in [1.29, 1.82) is 0 Å². The number of nitrogens with zero attached hydrogens (tertiary/aromatic N) is 1. The highest BCUT2D eigenvalue weighted by Gasteiger charge is 2.09. The van der Waals surface area contributed by atoms with Crippen LogP contribution in [-0.2, 0) is 11.3 Å². The molecular formula is C13H14N2O2S. The molecule has 1 amide bonds. The molecule has 1 N–H and O–H groups in total. The number of carbonyl (C=O) groups excluding carboxylic acids is 1. The van der Waals surface area contributed by atoms with Crippen LogP contribution in [-0.4, -0.2) is 18.5 Å².